The number of esters is 1. The van der Waals surface area contributed by atoms with E-state index in [9.17, 15) is 14.7 Å². The Morgan fingerprint density at radius 2 is 1.93 bits per heavy atom. The number of phenols is 1. The number of hydrogen-bond donors (Lipinski definition) is 2. The maximum absolute atomic E-state index is 12.7. The summed E-state index contributed by atoms with van der Waals surface area (Å²) in [5, 5.41) is 16.4. The fraction of sp³-hybridized carbons (Fsp3) is 0.105. The normalized spacial score (nSPS) is 11.6. The maximum Gasteiger partial charge on any atom is 0.343 e. The van der Waals surface area contributed by atoms with Crippen LogP contribution >= 0.6 is 11.6 Å². The van der Waals surface area contributed by atoms with E-state index in [2.05, 4.69) is 10.5 Å². The van der Waals surface area contributed by atoms with Crippen molar-refractivity contribution < 1.29 is 24.0 Å². The first kappa shape index (κ1) is 18.5. The third-order valence-corrected chi connectivity index (χ3v) is 3.86. The summed E-state index contributed by atoms with van der Waals surface area (Å²) in [6, 6.07) is 14.0. The van der Waals surface area contributed by atoms with E-state index in [-0.39, 0.29) is 22.2 Å². The first-order valence-electron chi connectivity index (χ1n) is 7.92. The zero-order chi connectivity index (χ0) is 19.4. The van der Waals surface area contributed by atoms with Gasteiger partial charge in [-0.05, 0) is 25.1 Å². The summed E-state index contributed by atoms with van der Waals surface area (Å²) in [4.78, 5) is 25.2. The van der Waals surface area contributed by atoms with Crippen LogP contribution in [0.3, 0.4) is 0 Å². The minimum Gasteiger partial charge on any atom is -0.507 e. The SMILES string of the molecule is Cc1cc(NC(=O)C(OC(=O)c2ccc(Cl)cc2O)c2ccccc2)no1. The number of amides is 1. The van der Waals surface area contributed by atoms with Gasteiger partial charge >= 0.3 is 5.97 Å². The van der Waals surface area contributed by atoms with Crippen LogP contribution in [0.4, 0.5) is 5.82 Å². The Balaban J connectivity index is 1.86. The van der Waals surface area contributed by atoms with Crippen molar-refractivity contribution in [2.75, 3.05) is 5.32 Å². The lowest BCUT2D eigenvalue weighted by Gasteiger charge is -2.17. The third-order valence-electron chi connectivity index (χ3n) is 3.62. The summed E-state index contributed by atoms with van der Waals surface area (Å²) in [7, 11) is 0. The highest BCUT2D eigenvalue weighted by Gasteiger charge is 2.27. The number of aryl methyl sites for hydroxylation is 1. The molecule has 0 bridgehead atoms. The Bertz CT molecular complexity index is 971. The van der Waals surface area contributed by atoms with Crippen LogP contribution in [0.25, 0.3) is 0 Å². The highest BCUT2D eigenvalue weighted by molar-refractivity contribution is 6.30. The molecule has 7 nitrogen and oxygen atoms in total. The number of hydrogen-bond acceptors (Lipinski definition) is 6. The zero-order valence-electron chi connectivity index (χ0n) is 14.2. The molecule has 0 spiro atoms. The van der Waals surface area contributed by atoms with Crippen LogP contribution in [0.5, 0.6) is 5.75 Å². The van der Waals surface area contributed by atoms with Crippen molar-refractivity contribution in [2.24, 2.45) is 0 Å². The summed E-state index contributed by atoms with van der Waals surface area (Å²) < 4.78 is 10.3. The molecule has 3 rings (SSSR count). The molecule has 1 heterocycles. The molecule has 8 heteroatoms. The molecule has 1 atom stereocenters. The largest absolute Gasteiger partial charge is 0.507 e. The minimum absolute atomic E-state index is 0.106. The minimum atomic E-state index is -1.26. The number of aromatic nitrogens is 1. The summed E-state index contributed by atoms with van der Waals surface area (Å²) in [6.45, 7) is 1.68. The second-order valence-electron chi connectivity index (χ2n) is 5.67. The van der Waals surface area contributed by atoms with E-state index < -0.39 is 18.0 Å². The van der Waals surface area contributed by atoms with Crippen molar-refractivity contribution in [1.29, 1.82) is 0 Å². The zero-order valence-corrected chi connectivity index (χ0v) is 14.9. The predicted octanol–water partition coefficient (Wildman–Crippen LogP) is 3.88. The first-order chi connectivity index (χ1) is 12.9. The molecule has 0 aliphatic heterocycles. The van der Waals surface area contributed by atoms with Gasteiger partial charge in [-0.1, -0.05) is 47.1 Å². The Labute approximate surface area is 159 Å². The molecule has 0 fully saturated rings. The topological polar surface area (TPSA) is 102 Å². The van der Waals surface area contributed by atoms with E-state index in [0.29, 0.717) is 11.3 Å². The maximum atomic E-state index is 12.7. The Morgan fingerprint density at radius 1 is 1.19 bits per heavy atom. The number of phenolic OH excluding ortho intramolecular Hbond substituents is 1. The number of nitrogens with zero attached hydrogens (tertiary/aromatic N) is 1. The summed E-state index contributed by atoms with van der Waals surface area (Å²) in [6.07, 6.45) is -1.26. The lowest BCUT2D eigenvalue weighted by Crippen LogP contribution is -2.26. The number of aromatic hydroxyl groups is 1. The number of anilines is 1. The van der Waals surface area contributed by atoms with E-state index in [0.717, 1.165) is 0 Å². The number of ether oxygens (including phenoxy) is 1. The van der Waals surface area contributed by atoms with Crippen molar-refractivity contribution in [3.05, 3.63) is 76.5 Å². The number of carbonyl (C=O) groups excluding carboxylic acids is 2. The Hall–Kier alpha value is -3.32. The van der Waals surface area contributed by atoms with Crippen molar-refractivity contribution in [3.63, 3.8) is 0 Å². The third kappa shape index (κ3) is 4.45. The van der Waals surface area contributed by atoms with E-state index in [1.54, 1.807) is 37.3 Å². The number of nitrogens with one attached hydrogen (secondary N) is 1. The van der Waals surface area contributed by atoms with Crippen LogP contribution in [0.1, 0.15) is 27.8 Å². The molecule has 0 saturated carbocycles. The van der Waals surface area contributed by atoms with Crippen molar-refractivity contribution >= 4 is 29.3 Å². The number of benzene rings is 2. The van der Waals surface area contributed by atoms with Gasteiger partial charge in [-0.15, -0.1) is 0 Å². The molecule has 2 aromatic carbocycles. The summed E-state index contributed by atoms with van der Waals surface area (Å²) in [5.74, 6) is -1.11. The fourth-order valence-electron chi connectivity index (χ4n) is 2.37. The molecule has 3 aromatic rings. The molecule has 1 aromatic heterocycles. The summed E-state index contributed by atoms with van der Waals surface area (Å²) >= 11 is 5.77. The van der Waals surface area contributed by atoms with Gasteiger partial charge in [0.15, 0.2) is 5.82 Å². The molecular formula is C19H15ClN2O5. The van der Waals surface area contributed by atoms with Crippen LogP contribution < -0.4 is 5.32 Å². The average Bonchev–Trinajstić information content (AvgIpc) is 3.04. The summed E-state index contributed by atoms with van der Waals surface area (Å²) in [5.41, 5.74) is 0.349. The van der Waals surface area contributed by atoms with E-state index in [1.807, 2.05) is 0 Å². The van der Waals surface area contributed by atoms with Gasteiger partial charge in [0.25, 0.3) is 5.91 Å². The molecule has 1 amide bonds. The van der Waals surface area contributed by atoms with E-state index in [1.165, 1.54) is 24.3 Å². The lowest BCUT2D eigenvalue weighted by atomic mass is 10.1. The monoisotopic (exact) mass is 386 g/mol. The van der Waals surface area contributed by atoms with Crippen LogP contribution in [-0.4, -0.2) is 22.1 Å². The van der Waals surface area contributed by atoms with Gasteiger partial charge in [0.1, 0.15) is 17.1 Å². The van der Waals surface area contributed by atoms with Crippen molar-refractivity contribution in [2.45, 2.75) is 13.0 Å². The molecular weight excluding hydrogens is 372 g/mol. The quantitative estimate of drug-likeness (QED) is 0.645. The van der Waals surface area contributed by atoms with Gasteiger partial charge in [-0.2, -0.15) is 0 Å². The highest BCUT2D eigenvalue weighted by Crippen LogP contribution is 2.26. The molecule has 1 unspecified atom stereocenters. The number of carbonyl (C=O) groups is 2. The van der Waals surface area contributed by atoms with Crippen molar-refractivity contribution in [1.82, 2.24) is 5.16 Å². The fourth-order valence-corrected chi connectivity index (χ4v) is 2.53. The van der Waals surface area contributed by atoms with Gasteiger partial charge in [0.05, 0.1) is 0 Å². The first-order valence-corrected chi connectivity index (χ1v) is 8.30. The average molecular weight is 387 g/mol. The van der Waals surface area contributed by atoms with Crippen molar-refractivity contribution in [3.8, 4) is 5.75 Å². The molecule has 27 heavy (non-hydrogen) atoms. The molecule has 0 radical (unpaired) electrons. The molecule has 2 N–H and O–H groups in total. The van der Waals surface area contributed by atoms with Crippen LogP contribution in [-0.2, 0) is 9.53 Å². The smallest absolute Gasteiger partial charge is 0.343 e. The Kier molecular flexibility index (Phi) is 5.42. The van der Waals surface area contributed by atoms with Crippen LogP contribution in [0.15, 0.2) is 59.1 Å². The van der Waals surface area contributed by atoms with Crippen LogP contribution in [0, 0.1) is 6.92 Å². The number of halogens is 1. The van der Waals surface area contributed by atoms with Gasteiger partial charge in [0.2, 0.25) is 6.10 Å². The van der Waals surface area contributed by atoms with Gasteiger partial charge < -0.3 is 19.7 Å². The van der Waals surface area contributed by atoms with E-state index in [4.69, 9.17) is 20.9 Å². The number of rotatable bonds is 5. The lowest BCUT2D eigenvalue weighted by molar-refractivity contribution is -0.125. The second kappa shape index (κ2) is 7.92. The molecule has 138 valence electrons. The van der Waals surface area contributed by atoms with E-state index >= 15 is 0 Å². The molecule has 0 saturated heterocycles. The van der Waals surface area contributed by atoms with Gasteiger partial charge in [-0.3, -0.25) is 4.79 Å². The highest BCUT2D eigenvalue weighted by atomic mass is 35.5. The van der Waals surface area contributed by atoms with Crippen LogP contribution in [0.2, 0.25) is 5.02 Å². The standard InChI is InChI=1S/C19H15ClN2O5/c1-11-9-16(22-27-11)21-18(24)17(12-5-3-2-4-6-12)26-19(25)14-8-7-13(20)10-15(14)23/h2-10,17,23H,1H3,(H,21,22,24). The molecule has 0 aliphatic carbocycles. The molecule has 0 aliphatic rings. The Morgan fingerprint density at radius 3 is 2.56 bits per heavy atom. The van der Waals surface area contributed by atoms with Gasteiger partial charge in [0, 0.05) is 16.7 Å². The second-order valence-corrected chi connectivity index (χ2v) is 6.11. The van der Waals surface area contributed by atoms with Gasteiger partial charge in [-0.25, -0.2) is 4.79 Å². The predicted molar refractivity (Wildman–Crippen MR) is 97.6 cm³/mol.